The molecule has 1 heterocycles. The number of nitrogens with one attached hydrogen (secondary N) is 1. The van der Waals surface area contributed by atoms with Crippen LogP contribution in [0.3, 0.4) is 0 Å². The molecule has 6 heteroatoms. The lowest BCUT2D eigenvalue weighted by molar-refractivity contribution is -0.130. The van der Waals surface area contributed by atoms with Gasteiger partial charge in [0.25, 0.3) is 5.91 Å². The summed E-state index contributed by atoms with van der Waals surface area (Å²) in [4.78, 5) is 30.9. The van der Waals surface area contributed by atoms with Gasteiger partial charge in [-0.1, -0.05) is 43.7 Å². The standard InChI is InChI=1S/C22H23N3O2S/c1-4-15(3)16-7-9-17(10-8-16)23-13-19-20(26)24-22(28)25(21(19)27)18-11-5-14(2)6-12-18/h5-13,15,19H,4H2,1-3H3,(H,24,26,28)/t15-,19+/m1/s1. The molecule has 0 bridgehead atoms. The number of carbonyl (C=O) groups is 2. The minimum Gasteiger partial charge on any atom is -0.301 e. The van der Waals surface area contributed by atoms with Crippen molar-refractivity contribution in [2.24, 2.45) is 10.9 Å². The fraction of sp³-hybridized carbons (Fsp3) is 0.273. The average Bonchev–Trinajstić information content (AvgIpc) is 2.69. The molecule has 0 aromatic heterocycles. The third kappa shape index (κ3) is 4.17. The molecule has 1 aliphatic heterocycles. The average molecular weight is 394 g/mol. The van der Waals surface area contributed by atoms with Crippen LogP contribution in [-0.4, -0.2) is 23.1 Å². The van der Waals surface area contributed by atoms with Crippen molar-refractivity contribution < 1.29 is 9.59 Å². The molecule has 1 aliphatic rings. The number of hydrogen-bond donors (Lipinski definition) is 1. The number of hydrogen-bond acceptors (Lipinski definition) is 4. The molecule has 3 rings (SSSR count). The number of aliphatic imine (C=N–C) groups is 1. The Hall–Kier alpha value is -2.86. The van der Waals surface area contributed by atoms with Gasteiger partial charge in [0.1, 0.15) is 0 Å². The van der Waals surface area contributed by atoms with Gasteiger partial charge in [0.2, 0.25) is 5.91 Å². The van der Waals surface area contributed by atoms with E-state index in [9.17, 15) is 9.59 Å². The Morgan fingerprint density at radius 3 is 2.39 bits per heavy atom. The molecule has 144 valence electrons. The van der Waals surface area contributed by atoms with Gasteiger partial charge in [-0.2, -0.15) is 0 Å². The van der Waals surface area contributed by atoms with Crippen LogP contribution in [0.4, 0.5) is 11.4 Å². The second kappa shape index (κ2) is 8.44. The predicted molar refractivity (Wildman–Crippen MR) is 116 cm³/mol. The van der Waals surface area contributed by atoms with Crippen molar-refractivity contribution in [1.82, 2.24) is 5.32 Å². The van der Waals surface area contributed by atoms with Gasteiger partial charge in [-0.15, -0.1) is 0 Å². The number of thiocarbonyl (C=S) groups is 1. The van der Waals surface area contributed by atoms with E-state index in [1.807, 2.05) is 43.3 Å². The van der Waals surface area contributed by atoms with Gasteiger partial charge in [-0.05, 0) is 61.3 Å². The molecule has 0 spiro atoms. The minimum atomic E-state index is -1.03. The van der Waals surface area contributed by atoms with Gasteiger partial charge in [0, 0.05) is 6.21 Å². The Morgan fingerprint density at radius 1 is 1.14 bits per heavy atom. The van der Waals surface area contributed by atoms with E-state index in [0.717, 1.165) is 12.0 Å². The highest BCUT2D eigenvalue weighted by Gasteiger charge is 2.38. The van der Waals surface area contributed by atoms with Crippen molar-refractivity contribution in [1.29, 1.82) is 0 Å². The van der Waals surface area contributed by atoms with Gasteiger partial charge < -0.3 is 5.32 Å². The Kier molecular flexibility index (Phi) is 5.99. The van der Waals surface area contributed by atoms with E-state index < -0.39 is 17.7 Å². The van der Waals surface area contributed by atoms with Crippen LogP contribution in [0.2, 0.25) is 0 Å². The summed E-state index contributed by atoms with van der Waals surface area (Å²) in [7, 11) is 0. The van der Waals surface area contributed by atoms with Crippen molar-refractivity contribution in [2.45, 2.75) is 33.1 Å². The van der Waals surface area contributed by atoms with Gasteiger partial charge in [0.05, 0.1) is 11.4 Å². The van der Waals surface area contributed by atoms with Crippen LogP contribution >= 0.6 is 12.2 Å². The molecule has 2 atom stereocenters. The molecule has 1 fully saturated rings. The van der Waals surface area contributed by atoms with Crippen LogP contribution in [0.25, 0.3) is 0 Å². The molecule has 2 aromatic carbocycles. The van der Waals surface area contributed by atoms with Crippen molar-refractivity contribution in [2.75, 3.05) is 4.90 Å². The number of aryl methyl sites for hydroxylation is 1. The molecule has 2 amide bonds. The van der Waals surface area contributed by atoms with E-state index in [4.69, 9.17) is 12.2 Å². The second-order valence-corrected chi connectivity index (χ2v) is 7.35. The van der Waals surface area contributed by atoms with Crippen molar-refractivity contribution in [3.63, 3.8) is 0 Å². The fourth-order valence-corrected chi connectivity index (χ4v) is 3.24. The zero-order chi connectivity index (χ0) is 20.3. The summed E-state index contributed by atoms with van der Waals surface area (Å²) in [5.41, 5.74) is 3.63. The topological polar surface area (TPSA) is 61.8 Å². The van der Waals surface area contributed by atoms with E-state index in [1.165, 1.54) is 16.7 Å². The van der Waals surface area contributed by atoms with E-state index in [0.29, 0.717) is 17.3 Å². The quantitative estimate of drug-likeness (QED) is 0.469. The molecule has 5 nitrogen and oxygen atoms in total. The van der Waals surface area contributed by atoms with Crippen LogP contribution in [-0.2, 0) is 9.59 Å². The number of carbonyl (C=O) groups excluding carboxylic acids is 2. The molecule has 1 N–H and O–H groups in total. The monoisotopic (exact) mass is 393 g/mol. The summed E-state index contributed by atoms with van der Waals surface area (Å²) in [6, 6.07) is 15.2. The smallest absolute Gasteiger partial charge is 0.251 e. The van der Waals surface area contributed by atoms with Crippen molar-refractivity contribution in [3.8, 4) is 0 Å². The number of amides is 2. The first-order valence-electron chi connectivity index (χ1n) is 9.30. The first kappa shape index (κ1) is 19.9. The van der Waals surface area contributed by atoms with Gasteiger partial charge in [-0.3, -0.25) is 19.5 Å². The summed E-state index contributed by atoms with van der Waals surface area (Å²) >= 11 is 5.21. The number of rotatable bonds is 5. The lowest BCUT2D eigenvalue weighted by atomic mass is 9.99. The molecule has 0 saturated carbocycles. The maximum Gasteiger partial charge on any atom is 0.251 e. The van der Waals surface area contributed by atoms with Crippen LogP contribution in [0.5, 0.6) is 0 Å². The molecule has 1 saturated heterocycles. The Labute approximate surface area is 170 Å². The summed E-state index contributed by atoms with van der Waals surface area (Å²) < 4.78 is 0. The largest absolute Gasteiger partial charge is 0.301 e. The summed E-state index contributed by atoms with van der Waals surface area (Å²) in [5.74, 6) is -1.41. The molecular weight excluding hydrogens is 370 g/mol. The maximum atomic E-state index is 12.9. The highest BCUT2D eigenvalue weighted by Crippen LogP contribution is 2.23. The van der Waals surface area contributed by atoms with Crippen LogP contribution in [0, 0.1) is 12.8 Å². The van der Waals surface area contributed by atoms with Crippen LogP contribution in [0.15, 0.2) is 53.5 Å². The van der Waals surface area contributed by atoms with Crippen LogP contribution in [0.1, 0.15) is 37.3 Å². The zero-order valence-electron chi connectivity index (χ0n) is 16.2. The molecule has 2 aromatic rings. The number of benzene rings is 2. The van der Waals surface area contributed by atoms with E-state index in [-0.39, 0.29) is 5.11 Å². The van der Waals surface area contributed by atoms with E-state index >= 15 is 0 Å². The zero-order valence-corrected chi connectivity index (χ0v) is 17.0. The lowest BCUT2D eigenvalue weighted by Gasteiger charge is -2.30. The lowest BCUT2D eigenvalue weighted by Crippen LogP contribution is -2.58. The molecular formula is C22H23N3O2S. The summed E-state index contributed by atoms with van der Waals surface area (Å²) in [5, 5.41) is 2.68. The first-order chi connectivity index (χ1) is 13.4. The number of nitrogens with zero attached hydrogens (tertiary/aromatic N) is 2. The second-order valence-electron chi connectivity index (χ2n) is 6.96. The molecule has 0 radical (unpaired) electrons. The maximum absolute atomic E-state index is 12.9. The molecule has 28 heavy (non-hydrogen) atoms. The fourth-order valence-electron chi connectivity index (χ4n) is 2.95. The minimum absolute atomic E-state index is 0.0846. The normalized spacial score (nSPS) is 18.5. The molecule has 0 unspecified atom stereocenters. The highest BCUT2D eigenvalue weighted by atomic mass is 32.1. The highest BCUT2D eigenvalue weighted by molar-refractivity contribution is 7.80. The third-order valence-corrected chi connectivity index (χ3v) is 5.23. The SMILES string of the molecule is CC[C@@H](C)c1ccc(N=C[C@H]2C(=O)NC(=S)N(c3ccc(C)cc3)C2=O)cc1. The summed E-state index contributed by atoms with van der Waals surface area (Å²) in [6.45, 7) is 6.28. The Bertz CT molecular complexity index is 920. The van der Waals surface area contributed by atoms with E-state index in [1.54, 1.807) is 12.1 Å². The van der Waals surface area contributed by atoms with Crippen molar-refractivity contribution >= 4 is 46.7 Å². The van der Waals surface area contributed by atoms with Crippen LogP contribution < -0.4 is 10.2 Å². The van der Waals surface area contributed by atoms with Crippen molar-refractivity contribution in [3.05, 3.63) is 59.7 Å². The van der Waals surface area contributed by atoms with E-state index in [2.05, 4.69) is 24.2 Å². The number of anilines is 1. The van der Waals surface area contributed by atoms with Gasteiger partial charge >= 0.3 is 0 Å². The van der Waals surface area contributed by atoms with Gasteiger partial charge in [-0.25, -0.2) is 0 Å². The molecule has 0 aliphatic carbocycles. The Morgan fingerprint density at radius 2 is 1.79 bits per heavy atom. The predicted octanol–water partition coefficient (Wildman–Crippen LogP) is 4.27. The Balaban J connectivity index is 1.81. The first-order valence-corrected chi connectivity index (χ1v) is 9.71. The van der Waals surface area contributed by atoms with Gasteiger partial charge in [0.15, 0.2) is 11.0 Å². The summed E-state index contributed by atoms with van der Waals surface area (Å²) in [6.07, 6.45) is 2.45. The third-order valence-electron chi connectivity index (χ3n) is 4.94.